The Kier molecular flexibility index (Phi) is 5.16. The molecule has 2 aromatic carbocycles. The Balaban J connectivity index is 1.61. The largest absolute Gasteiger partial charge is 0.482 e. The molecule has 0 saturated heterocycles. The highest BCUT2D eigenvalue weighted by Gasteiger charge is 2.09. The lowest BCUT2D eigenvalue weighted by Gasteiger charge is -2.10. The number of thiazole rings is 1. The van der Waals surface area contributed by atoms with Gasteiger partial charge < -0.3 is 15.8 Å². The number of nitrogens with one attached hydrogen (secondary N) is 1. The summed E-state index contributed by atoms with van der Waals surface area (Å²) in [4.78, 5) is 16.1. The van der Waals surface area contributed by atoms with Gasteiger partial charge in [-0.25, -0.2) is 9.37 Å². The first-order valence-electron chi connectivity index (χ1n) is 7.19. The number of rotatable bonds is 5. The summed E-state index contributed by atoms with van der Waals surface area (Å²) >= 11 is 7.16. The summed E-state index contributed by atoms with van der Waals surface area (Å²) in [5.74, 6) is -0.569. The number of aromatic nitrogens is 1. The molecule has 0 aliphatic heterocycles. The van der Waals surface area contributed by atoms with Gasteiger partial charge >= 0.3 is 0 Å². The van der Waals surface area contributed by atoms with E-state index in [1.54, 1.807) is 17.6 Å². The third kappa shape index (κ3) is 4.26. The molecule has 5 nitrogen and oxygen atoms in total. The molecule has 3 rings (SSSR count). The number of halogens is 2. The van der Waals surface area contributed by atoms with Crippen LogP contribution < -0.4 is 15.8 Å². The highest BCUT2D eigenvalue weighted by molar-refractivity contribution is 7.07. The van der Waals surface area contributed by atoms with Crippen molar-refractivity contribution in [2.45, 2.75) is 0 Å². The lowest BCUT2D eigenvalue weighted by atomic mass is 10.1. The van der Waals surface area contributed by atoms with Gasteiger partial charge in [-0.3, -0.25) is 4.79 Å². The molecule has 0 fully saturated rings. The first kappa shape index (κ1) is 17.2. The minimum absolute atomic E-state index is 0.0689. The fraction of sp³-hybridized carbons (Fsp3) is 0.0588. The quantitative estimate of drug-likeness (QED) is 0.653. The van der Waals surface area contributed by atoms with Gasteiger partial charge in [0.15, 0.2) is 6.61 Å². The highest BCUT2D eigenvalue weighted by Crippen LogP contribution is 2.28. The average Bonchev–Trinajstić information content (AvgIpc) is 3.11. The van der Waals surface area contributed by atoms with Crippen LogP contribution >= 0.6 is 22.9 Å². The summed E-state index contributed by atoms with van der Waals surface area (Å²) in [6, 6.07) is 9.16. The van der Waals surface area contributed by atoms with Crippen LogP contribution in [0, 0.1) is 5.82 Å². The number of nitrogens with two attached hydrogens (primary N) is 1. The van der Waals surface area contributed by atoms with E-state index in [2.05, 4.69) is 10.3 Å². The van der Waals surface area contributed by atoms with Crippen LogP contribution in [0.15, 0.2) is 47.3 Å². The Morgan fingerprint density at radius 1 is 1.32 bits per heavy atom. The van der Waals surface area contributed by atoms with Crippen molar-refractivity contribution in [2.75, 3.05) is 17.7 Å². The van der Waals surface area contributed by atoms with Gasteiger partial charge in [0.1, 0.15) is 11.6 Å². The number of nitrogen functional groups attached to an aromatic ring is 1. The predicted octanol–water partition coefficient (Wildman–Crippen LogP) is 4.20. The van der Waals surface area contributed by atoms with Crippen LogP contribution in [0.5, 0.6) is 5.75 Å². The zero-order chi connectivity index (χ0) is 17.8. The van der Waals surface area contributed by atoms with Crippen molar-refractivity contribution in [3.8, 4) is 17.0 Å². The summed E-state index contributed by atoms with van der Waals surface area (Å²) in [5.41, 5.74) is 10.2. The lowest BCUT2D eigenvalue weighted by molar-refractivity contribution is -0.118. The van der Waals surface area contributed by atoms with Crippen molar-refractivity contribution >= 4 is 40.2 Å². The van der Waals surface area contributed by atoms with E-state index in [9.17, 15) is 9.18 Å². The second-order valence-electron chi connectivity index (χ2n) is 5.09. The fourth-order valence-electron chi connectivity index (χ4n) is 2.11. The summed E-state index contributed by atoms with van der Waals surface area (Å²) in [5, 5.41) is 4.41. The molecule has 128 valence electrons. The van der Waals surface area contributed by atoms with E-state index in [0.717, 1.165) is 11.3 Å². The molecule has 1 amide bonds. The van der Waals surface area contributed by atoms with Crippen LogP contribution in [0.4, 0.5) is 15.8 Å². The first-order chi connectivity index (χ1) is 12.0. The molecule has 1 heterocycles. The second kappa shape index (κ2) is 7.50. The van der Waals surface area contributed by atoms with Gasteiger partial charge in [0.25, 0.3) is 5.91 Å². The monoisotopic (exact) mass is 377 g/mol. The van der Waals surface area contributed by atoms with Gasteiger partial charge in [0, 0.05) is 16.6 Å². The van der Waals surface area contributed by atoms with Gasteiger partial charge in [-0.05, 0) is 36.4 Å². The number of carbonyl (C=O) groups excluding carboxylic acids is 1. The van der Waals surface area contributed by atoms with E-state index in [0.29, 0.717) is 17.1 Å². The molecule has 0 saturated carbocycles. The number of hydrogen-bond acceptors (Lipinski definition) is 5. The van der Waals surface area contributed by atoms with E-state index >= 15 is 0 Å². The Bertz CT molecular complexity index is 903. The SMILES string of the molecule is Nc1cc(-c2cscn2)ccc1OCC(=O)Nc1ccc(F)c(Cl)c1. The molecule has 3 N–H and O–H groups in total. The second-order valence-corrected chi connectivity index (χ2v) is 6.22. The molecule has 1 aromatic heterocycles. The van der Waals surface area contributed by atoms with E-state index < -0.39 is 11.7 Å². The van der Waals surface area contributed by atoms with E-state index in [4.69, 9.17) is 22.1 Å². The molecule has 0 radical (unpaired) electrons. The maximum Gasteiger partial charge on any atom is 0.262 e. The summed E-state index contributed by atoms with van der Waals surface area (Å²) in [7, 11) is 0. The third-order valence-electron chi connectivity index (χ3n) is 3.30. The van der Waals surface area contributed by atoms with Crippen molar-refractivity contribution in [2.24, 2.45) is 0 Å². The average molecular weight is 378 g/mol. The maximum atomic E-state index is 13.1. The van der Waals surface area contributed by atoms with Crippen LogP contribution in [-0.4, -0.2) is 17.5 Å². The molecular formula is C17H13ClFN3O2S. The van der Waals surface area contributed by atoms with Crippen molar-refractivity contribution in [1.29, 1.82) is 0 Å². The van der Waals surface area contributed by atoms with Crippen molar-refractivity contribution in [1.82, 2.24) is 4.98 Å². The summed E-state index contributed by atoms with van der Waals surface area (Å²) in [6.07, 6.45) is 0. The molecule has 0 aliphatic carbocycles. The summed E-state index contributed by atoms with van der Waals surface area (Å²) in [6.45, 7) is -0.241. The van der Waals surface area contributed by atoms with Gasteiger partial charge in [-0.15, -0.1) is 11.3 Å². The zero-order valence-corrected chi connectivity index (χ0v) is 14.4. The van der Waals surface area contributed by atoms with Crippen molar-refractivity contribution in [3.05, 3.63) is 58.1 Å². The molecule has 8 heteroatoms. The summed E-state index contributed by atoms with van der Waals surface area (Å²) < 4.78 is 18.5. The standard InChI is InChI=1S/C17H13ClFN3O2S/c18-12-6-11(2-3-13(12)19)22-17(23)7-24-16-4-1-10(5-14(16)20)15-8-25-9-21-15/h1-6,8-9H,7,20H2,(H,22,23). The van der Waals surface area contributed by atoms with Gasteiger partial charge in [0.2, 0.25) is 0 Å². The van der Waals surface area contributed by atoms with Gasteiger partial charge in [-0.2, -0.15) is 0 Å². The van der Waals surface area contributed by atoms with Crippen molar-refractivity contribution in [3.63, 3.8) is 0 Å². The lowest BCUT2D eigenvalue weighted by Crippen LogP contribution is -2.20. The number of amides is 1. The van der Waals surface area contributed by atoms with Crippen LogP contribution in [-0.2, 0) is 4.79 Å². The van der Waals surface area contributed by atoms with Crippen LogP contribution in [0.1, 0.15) is 0 Å². The molecule has 0 bridgehead atoms. The third-order valence-corrected chi connectivity index (χ3v) is 4.18. The molecule has 3 aromatic rings. The molecular weight excluding hydrogens is 365 g/mol. The molecule has 0 spiro atoms. The molecule has 0 atom stereocenters. The number of nitrogens with zero attached hydrogens (tertiary/aromatic N) is 1. The first-order valence-corrected chi connectivity index (χ1v) is 8.51. The van der Waals surface area contributed by atoms with Crippen LogP contribution in [0.3, 0.4) is 0 Å². The Morgan fingerprint density at radius 3 is 2.84 bits per heavy atom. The molecule has 25 heavy (non-hydrogen) atoms. The van der Waals surface area contributed by atoms with Crippen LogP contribution in [0.2, 0.25) is 5.02 Å². The number of hydrogen-bond donors (Lipinski definition) is 2. The number of benzene rings is 2. The Labute approximate surface area is 152 Å². The molecule has 0 aliphatic rings. The topological polar surface area (TPSA) is 77.2 Å². The molecule has 0 unspecified atom stereocenters. The number of anilines is 2. The highest BCUT2D eigenvalue weighted by atomic mass is 35.5. The Morgan fingerprint density at radius 2 is 2.16 bits per heavy atom. The van der Waals surface area contributed by atoms with E-state index in [1.807, 2.05) is 11.4 Å². The van der Waals surface area contributed by atoms with Crippen LogP contribution in [0.25, 0.3) is 11.3 Å². The minimum Gasteiger partial charge on any atom is -0.482 e. The van der Waals surface area contributed by atoms with E-state index in [1.165, 1.54) is 29.5 Å². The van der Waals surface area contributed by atoms with Gasteiger partial charge in [0.05, 0.1) is 21.9 Å². The predicted molar refractivity (Wildman–Crippen MR) is 97.5 cm³/mol. The number of ether oxygens (including phenoxy) is 1. The van der Waals surface area contributed by atoms with E-state index in [-0.39, 0.29) is 11.6 Å². The smallest absolute Gasteiger partial charge is 0.262 e. The normalized spacial score (nSPS) is 10.5. The minimum atomic E-state index is -0.552. The zero-order valence-electron chi connectivity index (χ0n) is 12.8. The van der Waals surface area contributed by atoms with Crippen molar-refractivity contribution < 1.29 is 13.9 Å². The fourth-order valence-corrected chi connectivity index (χ4v) is 2.85. The van der Waals surface area contributed by atoms with Gasteiger partial charge in [-0.1, -0.05) is 11.6 Å². The number of carbonyl (C=O) groups is 1. The Hall–Kier alpha value is -2.64. The maximum absolute atomic E-state index is 13.1.